The van der Waals surface area contributed by atoms with Crippen molar-refractivity contribution in [3.05, 3.63) is 53.1 Å². The van der Waals surface area contributed by atoms with Crippen LogP contribution >= 0.6 is 0 Å². The second-order valence-electron chi connectivity index (χ2n) is 10.4. The van der Waals surface area contributed by atoms with E-state index in [9.17, 15) is 27.9 Å². The molecule has 2 aromatic carbocycles. The molecule has 206 valence electrons. The van der Waals surface area contributed by atoms with Crippen molar-refractivity contribution in [2.75, 3.05) is 6.79 Å². The summed E-state index contributed by atoms with van der Waals surface area (Å²) < 4.78 is 59.5. The Bertz CT molecular complexity index is 1370. The van der Waals surface area contributed by atoms with Crippen LogP contribution in [-0.4, -0.2) is 42.2 Å². The number of rotatable bonds is 5. The molecule has 0 amide bonds. The van der Waals surface area contributed by atoms with Gasteiger partial charge in [0.1, 0.15) is 28.8 Å². The Labute approximate surface area is 221 Å². The van der Waals surface area contributed by atoms with Gasteiger partial charge in [0.25, 0.3) is 0 Å². The molecule has 6 rings (SSSR count). The van der Waals surface area contributed by atoms with Crippen molar-refractivity contribution in [3.8, 4) is 23.0 Å². The standard InChI is InChI=1S/C28H26F3NO7/c29-28(30,31)39-16-6-4-15-9-20(32)25(38-21(15)11-16)27(26(34)35)8-2-1-3-19(27)24(33)17-7-5-14-10-22-23(12-18(14)17)37-13-36-22/h4-7,10-12,17,19-20,25H,1-3,8-9,13,32H2,(H,34,35). The van der Waals surface area contributed by atoms with Gasteiger partial charge in [-0.05, 0) is 54.2 Å². The number of halogens is 3. The number of Topliss-reactive ketones (excluding diaryl/α,β-unsaturated/α-hetero) is 1. The summed E-state index contributed by atoms with van der Waals surface area (Å²) in [6.07, 6.45) is -0.628. The van der Waals surface area contributed by atoms with Crippen LogP contribution in [0, 0.1) is 11.3 Å². The molecule has 0 aromatic heterocycles. The van der Waals surface area contributed by atoms with Gasteiger partial charge in [0, 0.05) is 18.0 Å². The van der Waals surface area contributed by atoms with E-state index in [1.807, 2.05) is 6.08 Å². The number of aliphatic carboxylic acids is 1. The van der Waals surface area contributed by atoms with Gasteiger partial charge in [-0.25, -0.2) is 0 Å². The second kappa shape index (κ2) is 9.18. The maximum Gasteiger partial charge on any atom is 0.573 e. The molecule has 5 atom stereocenters. The zero-order valence-corrected chi connectivity index (χ0v) is 20.7. The highest BCUT2D eigenvalue weighted by Gasteiger charge is 2.60. The minimum atomic E-state index is -4.90. The lowest BCUT2D eigenvalue weighted by molar-refractivity contribution is -0.274. The van der Waals surface area contributed by atoms with Crippen molar-refractivity contribution in [2.24, 2.45) is 17.1 Å². The van der Waals surface area contributed by atoms with Gasteiger partial charge in [-0.2, -0.15) is 0 Å². The normalized spacial score (nSPS) is 28.8. The molecule has 0 saturated heterocycles. The van der Waals surface area contributed by atoms with E-state index in [1.165, 1.54) is 6.07 Å². The molecular formula is C28H26F3NO7. The summed E-state index contributed by atoms with van der Waals surface area (Å²) in [7, 11) is 0. The zero-order chi connectivity index (χ0) is 27.5. The van der Waals surface area contributed by atoms with Gasteiger partial charge in [-0.1, -0.05) is 31.1 Å². The minimum Gasteiger partial charge on any atom is -0.487 e. The first kappa shape index (κ1) is 25.5. The highest BCUT2D eigenvalue weighted by atomic mass is 19.4. The summed E-state index contributed by atoms with van der Waals surface area (Å²) in [5, 5.41) is 10.7. The van der Waals surface area contributed by atoms with E-state index in [1.54, 1.807) is 18.2 Å². The third-order valence-corrected chi connectivity index (χ3v) is 8.26. The quantitative estimate of drug-likeness (QED) is 0.561. The molecule has 5 unspecified atom stereocenters. The molecule has 4 aliphatic rings. The number of carbonyl (C=O) groups excluding carboxylic acids is 1. The number of alkyl halides is 3. The van der Waals surface area contributed by atoms with E-state index in [4.69, 9.17) is 19.9 Å². The van der Waals surface area contributed by atoms with Crippen molar-refractivity contribution in [2.45, 2.75) is 56.5 Å². The van der Waals surface area contributed by atoms with Crippen LogP contribution in [0.15, 0.2) is 36.4 Å². The number of ether oxygens (including phenoxy) is 4. The predicted molar refractivity (Wildman–Crippen MR) is 131 cm³/mol. The summed E-state index contributed by atoms with van der Waals surface area (Å²) in [5.41, 5.74) is 6.87. The lowest BCUT2D eigenvalue weighted by Crippen LogP contribution is -2.62. The van der Waals surface area contributed by atoms with Crippen molar-refractivity contribution < 1.29 is 46.8 Å². The highest BCUT2D eigenvalue weighted by molar-refractivity contribution is 5.97. The number of hydrogen-bond acceptors (Lipinski definition) is 7. The Morgan fingerprint density at radius 1 is 1.08 bits per heavy atom. The number of carbonyl (C=O) groups is 2. The highest BCUT2D eigenvalue weighted by Crippen LogP contribution is 2.52. The zero-order valence-electron chi connectivity index (χ0n) is 20.7. The lowest BCUT2D eigenvalue weighted by atomic mass is 9.58. The van der Waals surface area contributed by atoms with E-state index < -0.39 is 47.5 Å². The number of nitrogens with two attached hydrogens (primary N) is 1. The van der Waals surface area contributed by atoms with E-state index in [-0.39, 0.29) is 31.2 Å². The van der Waals surface area contributed by atoms with Gasteiger partial charge in [0.2, 0.25) is 6.79 Å². The molecule has 1 fully saturated rings. The molecule has 3 N–H and O–H groups in total. The number of fused-ring (bicyclic) bond motifs is 3. The molecule has 2 aromatic rings. The van der Waals surface area contributed by atoms with Crippen molar-refractivity contribution in [1.29, 1.82) is 0 Å². The number of hydrogen-bond donors (Lipinski definition) is 2. The molecule has 0 spiro atoms. The fourth-order valence-corrected chi connectivity index (χ4v) is 6.55. The first-order valence-corrected chi connectivity index (χ1v) is 12.8. The van der Waals surface area contributed by atoms with Crippen molar-refractivity contribution >= 4 is 17.8 Å². The lowest BCUT2D eigenvalue weighted by Gasteiger charge is -2.48. The molecule has 8 nitrogen and oxygen atoms in total. The van der Waals surface area contributed by atoms with E-state index in [0.29, 0.717) is 41.9 Å². The third-order valence-electron chi connectivity index (χ3n) is 8.26. The number of ketones is 1. The number of carboxylic acids is 1. The second-order valence-corrected chi connectivity index (χ2v) is 10.4. The molecule has 0 radical (unpaired) electrons. The van der Waals surface area contributed by atoms with E-state index in [0.717, 1.165) is 17.7 Å². The van der Waals surface area contributed by atoms with Gasteiger partial charge in [-0.15, -0.1) is 13.2 Å². The molecule has 2 aliphatic heterocycles. The first-order chi connectivity index (χ1) is 18.6. The fraction of sp³-hybridized carbons (Fsp3) is 0.429. The smallest absolute Gasteiger partial charge is 0.487 e. The van der Waals surface area contributed by atoms with E-state index >= 15 is 0 Å². The van der Waals surface area contributed by atoms with Gasteiger partial charge in [-0.3, -0.25) is 9.59 Å². The Kier molecular flexibility index (Phi) is 6.01. The summed E-state index contributed by atoms with van der Waals surface area (Å²) in [4.78, 5) is 27.3. The Morgan fingerprint density at radius 3 is 2.59 bits per heavy atom. The summed E-state index contributed by atoms with van der Waals surface area (Å²) >= 11 is 0. The van der Waals surface area contributed by atoms with E-state index in [2.05, 4.69) is 4.74 Å². The summed E-state index contributed by atoms with van der Waals surface area (Å²) in [5.74, 6) is -2.39. The van der Waals surface area contributed by atoms with Gasteiger partial charge >= 0.3 is 12.3 Å². The van der Waals surface area contributed by atoms with Crippen LogP contribution in [0.3, 0.4) is 0 Å². The fourth-order valence-electron chi connectivity index (χ4n) is 6.55. The molecule has 2 heterocycles. The first-order valence-electron chi connectivity index (χ1n) is 12.8. The largest absolute Gasteiger partial charge is 0.573 e. The Hall–Kier alpha value is -3.73. The maximum atomic E-state index is 14.2. The molecular weight excluding hydrogens is 519 g/mol. The van der Waals surface area contributed by atoms with Gasteiger partial charge < -0.3 is 29.8 Å². The third kappa shape index (κ3) is 4.28. The number of benzene rings is 2. The van der Waals surface area contributed by atoms with Crippen LogP contribution < -0.4 is 24.7 Å². The SMILES string of the molecule is NC1Cc2ccc(OC(F)(F)F)cc2OC1C1(C(=O)O)CCCCC1C(=O)C1C=Cc2cc3c(cc21)OCO3. The average molecular weight is 546 g/mol. The van der Waals surface area contributed by atoms with Gasteiger partial charge in [0.05, 0.1) is 5.92 Å². The molecule has 1 saturated carbocycles. The number of carboxylic acid groups (broad SMARTS) is 1. The van der Waals surface area contributed by atoms with Crippen molar-refractivity contribution in [3.63, 3.8) is 0 Å². The molecule has 11 heteroatoms. The van der Waals surface area contributed by atoms with Crippen LogP contribution in [-0.2, 0) is 16.0 Å². The Morgan fingerprint density at radius 2 is 1.85 bits per heavy atom. The van der Waals surface area contributed by atoms with Crippen LogP contribution in [0.25, 0.3) is 6.08 Å². The molecule has 39 heavy (non-hydrogen) atoms. The Balaban J connectivity index is 1.35. The average Bonchev–Trinajstić information content (AvgIpc) is 3.51. The number of allylic oxidation sites excluding steroid dienone is 1. The van der Waals surface area contributed by atoms with Crippen LogP contribution in [0.1, 0.15) is 48.3 Å². The van der Waals surface area contributed by atoms with Crippen LogP contribution in [0.5, 0.6) is 23.0 Å². The summed E-state index contributed by atoms with van der Waals surface area (Å²) in [6.45, 7) is 0.0827. The topological polar surface area (TPSA) is 117 Å². The van der Waals surface area contributed by atoms with Crippen molar-refractivity contribution in [1.82, 2.24) is 0 Å². The van der Waals surface area contributed by atoms with Crippen LogP contribution in [0.2, 0.25) is 0 Å². The monoisotopic (exact) mass is 545 g/mol. The minimum absolute atomic E-state index is 0.0691. The predicted octanol–water partition coefficient (Wildman–Crippen LogP) is 4.59. The van der Waals surface area contributed by atoms with Gasteiger partial charge in [0.15, 0.2) is 11.5 Å². The summed E-state index contributed by atoms with van der Waals surface area (Å²) in [6, 6.07) is 6.44. The molecule has 0 bridgehead atoms. The molecule has 2 aliphatic carbocycles. The van der Waals surface area contributed by atoms with Crippen LogP contribution in [0.4, 0.5) is 13.2 Å². The maximum absolute atomic E-state index is 14.2.